The maximum absolute atomic E-state index is 2.23. The molecule has 0 atom stereocenters. The number of rotatable bonds is 0. The molecule has 0 heterocycles. The predicted octanol–water partition coefficient (Wildman–Crippen LogP) is 0.463. The van der Waals surface area contributed by atoms with Gasteiger partial charge >= 0.3 is 52.4 Å². The molecule has 0 saturated carbocycles. The number of hydrogen-bond acceptors (Lipinski definition) is 0. The second-order valence-electron chi connectivity index (χ2n) is 1.65. The Kier molecular flexibility index (Phi) is 1.41. The third-order valence-electron chi connectivity index (χ3n) is 0.957. The van der Waals surface area contributed by atoms with Crippen LogP contribution in [0.4, 0.5) is 0 Å². The third-order valence-corrected chi connectivity index (χ3v) is 3.07. The molecule has 1 heteroatoms. The first-order chi connectivity index (χ1) is 2.89. The summed E-state index contributed by atoms with van der Waals surface area (Å²) in [6, 6.07) is 0. The fourth-order valence-corrected chi connectivity index (χ4v) is 1.78. The number of hydrogen-bond donors (Lipinski definition) is 0. The molecule has 30 valence electrons. The van der Waals surface area contributed by atoms with Crippen LogP contribution in [0.1, 0.15) is 6.42 Å². The molecular formula is C5H7In. The van der Waals surface area contributed by atoms with Crippen LogP contribution >= 0.6 is 0 Å². The summed E-state index contributed by atoms with van der Waals surface area (Å²) in [5, 5.41) is 0. The fourth-order valence-electron chi connectivity index (χ4n) is 0.554. The van der Waals surface area contributed by atoms with Crippen molar-refractivity contribution in [2.45, 2.75) is 6.42 Å². The van der Waals surface area contributed by atoms with Crippen molar-refractivity contribution in [3.05, 3.63) is 21.6 Å². The van der Waals surface area contributed by atoms with Gasteiger partial charge in [-0.05, 0) is 0 Å². The second kappa shape index (κ2) is 1.87. The zero-order valence-corrected chi connectivity index (χ0v) is 9.65. The molecule has 0 unspecified atom stereocenters. The molecule has 0 aromatic carbocycles. The average molecular weight is 182 g/mol. The van der Waals surface area contributed by atoms with Crippen LogP contribution in [-0.2, 0) is 0 Å². The molecule has 1 aliphatic rings. The molecule has 1 aliphatic carbocycles. The van der Waals surface area contributed by atoms with E-state index in [2.05, 4.69) is 18.2 Å². The first-order valence-electron chi connectivity index (χ1n) is 2.22. The molecule has 6 heavy (non-hydrogen) atoms. The van der Waals surface area contributed by atoms with Gasteiger partial charge in [0.25, 0.3) is 0 Å². The molecule has 0 amide bonds. The minimum absolute atomic E-state index is 0.797. The molecule has 0 spiro atoms. The molecule has 0 aliphatic heterocycles. The van der Waals surface area contributed by atoms with E-state index in [-0.39, 0.29) is 0 Å². The van der Waals surface area contributed by atoms with Gasteiger partial charge in [-0.15, -0.1) is 0 Å². The van der Waals surface area contributed by atoms with Crippen LogP contribution in [0.25, 0.3) is 0 Å². The van der Waals surface area contributed by atoms with Crippen LogP contribution in [0.15, 0.2) is 21.6 Å². The van der Waals surface area contributed by atoms with E-state index < -0.39 is 0 Å². The summed E-state index contributed by atoms with van der Waals surface area (Å²) in [6.45, 7) is 0. The van der Waals surface area contributed by atoms with Crippen molar-refractivity contribution in [1.29, 1.82) is 0 Å². The van der Waals surface area contributed by atoms with E-state index in [1.54, 1.807) is 3.33 Å². The van der Waals surface area contributed by atoms with Gasteiger partial charge in [0.2, 0.25) is 0 Å². The number of allylic oxidation sites excluding steroid dienone is 4. The zero-order chi connectivity index (χ0) is 4.41. The summed E-state index contributed by atoms with van der Waals surface area (Å²) in [6.07, 6.45) is 7.85. The Hall–Kier alpha value is 0.350. The van der Waals surface area contributed by atoms with Crippen LogP contribution in [0.5, 0.6) is 0 Å². The second-order valence-corrected chi connectivity index (χ2v) is 5.31. The third kappa shape index (κ3) is 0.904. The van der Waals surface area contributed by atoms with Crippen LogP contribution in [0.3, 0.4) is 0 Å². The Labute approximate surface area is 52.5 Å². The monoisotopic (exact) mass is 182 g/mol. The van der Waals surface area contributed by atoms with Crippen molar-refractivity contribution in [3.63, 3.8) is 0 Å². The van der Waals surface area contributed by atoms with Crippen molar-refractivity contribution in [2.75, 3.05) is 0 Å². The van der Waals surface area contributed by atoms with Gasteiger partial charge in [0, 0.05) is 0 Å². The Morgan fingerprint density at radius 2 is 2.50 bits per heavy atom. The molecule has 0 nitrogen and oxygen atoms in total. The molecule has 0 radical (unpaired) electrons. The van der Waals surface area contributed by atoms with Crippen molar-refractivity contribution in [3.8, 4) is 0 Å². The Balaban J connectivity index is 2.61. The molecule has 0 fully saturated rings. The van der Waals surface area contributed by atoms with Gasteiger partial charge in [-0.2, -0.15) is 0 Å². The van der Waals surface area contributed by atoms with E-state index in [1.807, 2.05) is 0 Å². The van der Waals surface area contributed by atoms with Gasteiger partial charge in [0.15, 0.2) is 0 Å². The van der Waals surface area contributed by atoms with E-state index in [4.69, 9.17) is 0 Å². The van der Waals surface area contributed by atoms with Crippen LogP contribution in [0, 0.1) is 0 Å². The normalized spacial score (nSPS) is 18.3. The van der Waals surface area contributed by atoms with Crippen LogP contribution in [-0.4, -0.2) is 24.4 Å². The Morgan fingerprint density at radius 1 is 1.67 bits per heavy atom. The van der Waals surface area contributed by atoms with Crippen LogP contribution < -0.4 is 0 Å². The van der Waals surface area contributed by atoms with Gasteiger partial charge in [0.05, 0.1) is 0 Å². The summed E-state index contributed by atoms with van der Waals surface area (Å²) >= 11 is 0.797. The summed E-state index contributed by atoms with van der Waals surface area (Å²) in [7, 11) is 0. The fraction of sp³-hybridized carbons (Fsp3) is 0.200. The summed E-state index contributed by atoms with van der Waals surface area (Å²) in [4.78, 5) is 0. The first kappa shape index (κ1) is 4.51. The SMILES string of the molecule is [InH2][C]1=CC=CC1. The standard InChI is InChI=1S/C5H5.In.2H/c1-2-4-5-3-1;;;/h1-3H,4H2;;;. The Bertz CT molecular complexity index is 101. The van der Waals surface area contributed by atoms with Gasteiger partial charge < -0.3 is 0 Å². The van der Waals surface area contributed by atoms with Crippen LogP contribution in [0.2, 0.25) is 0 Å². The van der Waals surface area contributed by atoms with Gasteiger partial charge in [-0.1, -0.05) is 0 Å². The minimum atomic E-state index is 0.797. The van der Waals surface area contributed by atoms with E-state index in [0.717, 1.165) is 24.4 Å². The first-order valence-corrected chi connectivity index (χ1v) is 5.07. The van der Waals surface area contributed by atoms with E-state index in [1.165, 1.54) is 6.42 Å². The average Bonchev–Trinajstić information content (AvgIpc) is 1.86. The van der Waals surface area contributed by atoms with Crippen molar-refractivity contribution >= 4 is 24.4 Å². The van der Waals surface area contributed by atoms with Crippen molar-refractivity contribution < 1.29 is 0 Å². The molecule has 1 rings (SSSR count). The van der Waals surface area contributed by atoms with Crippen molar-refractivity contribution in [2.24, 2.45) is 0 Å². The molecular weight excluding hydrogens is 175 g/mol. The molecule has 0 N–H and O–H groups in total. The molecule has 0 bridgehead atoms. The van der Waals surface area contributed by atoms with E-state index in [9.17, 15) is 0 Å². The van der Waals surface area contributed by atoms with Gasteiger partial charge in [-0.25, -0.2) is 0 Å². The molecule has 0 aromatic rings. The van der Waals surface area contributed by atoms with E-state index in [0.29, 0.717) is 0 Å². The summed E-state index contributed by atoms with van der Waals surface area (Å²) in [5.41, 5.74) is 0. The van der Waals surface area contributed by atoms with E-state index >= 15 is 0 Å². The molecule has 0 saturated heterocycles. The topological polar surface area (TPSA) is 0 Å². The zero-order valence-electron chi connectivity index (χ0n) is 3.94. The van der Waals surface area contributed by atoms with Gasteiger partial charge in [-0.3, -0.25) is 0 Å². The summed E-state index contributed by atoms with van der Waals surface area (Å²) < 4.78 is 1.68. The Morgan fingerprint density at radius 3 is 2.67 bits per heavy atom. The quantitative estimate of drug-likeness (QED) is 0.510. The van der Waals surface area contributed by atoms with Crippen molar-refractivity contribution in [1.82, 2.24) is 0 Å². The maximum atomic E-state index is 2.23. The molecule has 0 aromatic heterocycles. The van der Waals surface area contributed by atoms with Gasteiger partial charge in [0.1, 0.15) is 0 Å². The summed E-state index contributed by atoms with van der Waals surface area (Å²) in [5.74, 6) is 0. The predicted molar refractivity (Wildman–Crippen MR) is 30.4 cm³/mol.